The van der Waals surface area contributed by atoms with E-state index in [4.69, 9.17) is 5.73 Å². The molecule has 152 valence electrons. The third-order valence-corrected chi connectivity index (χ3v) is 6.96. The highest BCUT2D eigenvalue weighted by atomic mass is 32.2. The van der Waals surface area contributed by atoms with Gasteiger partial charge in [0.05, 0.1) is 29.7 Å². The zero-order valence-corrected chi connectivity index (χ0v) is 16.7. The third-order valence-electron chi connectivity index (χ3n) is 4.99. The molecule has 2 aromatic rings. The summed E-state index contributed by atoms with van der Waals surface area (Å²) in [7, 11) is -0.535. The Morgan fingerprint density at radius 1 is 1.21 bits per heavy atom. The number of nitrogens with zero attached hydrogens (tertiary/aromatic N) is 5. The van der Waals surface area contributed by atoms with Crippen molar-refractivity contribution in [3.63, 3.8) is 0 Å². The molecule has 0 bridgehead atoms. The summed E-state index contributed by atoms with van der Waals surface area (Å²) in [5.41, 5.74) is 6.16. The molecule has 11 nitrogen and oxygen atoms in total. The largest absolute Gasteiger partial charge is 0.364 e. The standard InChI is InChI=1S/C16H23N7O4S/c1-10-13(8-19-21(10)2)28(26,27)23-6-4-5-11(9-23)16(25)20-12-7-18-22(3)14(12)15(17)24/h7-8,11H,4-6,9H2,1-3H3,(H2,17,24)(H,20,25). The molecule has 2 aromatic heterocycles. The van der Waals surface area contributed by atoms with Gasteiger partial charge in [0, 0.05) is 27.2 Å². The molecule has 3 N–H and O–H groups in total. The molecule has 1 atom stereocenters. The highest BCUT2D eigenvalue weighted by Gasteiger charge is 2.35. The normalized spacial score (nSPS) is 18.2. The minimum Gasteiger partial charge on any atom is -0.364 e. The number of nitrogens with one attached hydrogen (secondary N) is 1. The molecular weight excluding hydrogens is 386 g/mol. The average Bonchev–Trinajstić information content (AvgIpc) is 3.18. The number of amides is 2. The van der Waals surface area contributed by atoms with Gasteiger partial charge in [0.2, 0.25) is 15.9 Å². The molecule has 1 aliphatic rings. The molecule has 0 aromatic carbocycles. The van der Waals surface area contributed by atoms with Crippen LogP contribution in [-0.4, -0.2) is 57.2 Å². The number of aromatic nitrogens is 4. The molecule has 1 aliphatic heterocycles. The maximum atomic E-state index is 13.0. The van der Waals surface area contributed by atoms with E-state index in [1.165, 1.54) is 26.1 Å². The van der Waals surface area contributed by atoms with Gasteiger partial charge in [0.1, 0.15) is 10.6 Å². The number of anilines is 1. The first kappa shape index (κ1) is 20.0. The van der Waals surface area contributed by atoms with Crippen molar-refractivity contribution >= 4 is 27.5 Å². The molecule has 0 saturated carbocycles. The summed E-state index contributed by atoms with van der Waals surface area (Å²) in [4.78, 5) is 24.4. The first-order chi connectivity index (χ1) is 13.1. The molecule has 28 heavy (non-hydrogen) atoms. The van der Waals surface area contributed by atoms with Crippen molar-refractivity contribution in [2.75, 3.05) is 18.4 Å². The van der Waals surface area contributed by atoms with E-state index in [1.807, 2.05) is 0 Å². The van der Waals surface area contributed by atoms with Crippen LogP contribution >= 0.6 is 0 Å². The molecule has 1 fully saturated rings. The summed E-state index contributed by atoms with van der Waals surface area (Å²) < 4.78 is 30.0. The Morgan fingerprint density at radius 3 is 2.50 bits per heavy atom. The number of nitrogens with two attached hydrogens (primary N) is 1. The lowest BCUT2D eigenvalue weighted by molar-refractivity contribution is -0.120. The molecule has 0 aliphatic carbocycles. The van der Waals surface area contributed by atoms with Crippen LogP contribution in [0, 0.1) is 12.8 Å². The van der Waals surface area contributed by atoms with E-state index in [1.54, 1.807) is 21.0 Å². The van der Waals surface area contributed by atoms with Gasteiger partial charge in [-0.05, 0) is 19.8 Å². The van der Waals surface area contributed by atoms with Crippen LogP contribution in [0.4, 0.5) is 5.69 Å². The fourth-order valence-corrected chi connectivity index (χ4v) is 5.01. The predicted octanol–water partition coefficient (Wildman–Crippen LogP) is -0.400. The van der Waals surface area contributed by atoms with Gasteiger partial charge in [-0.25, -0.2) is 8.42 Å². The van der Waals surface area contributed by atoms with Crippen LogP contribution in [0.5, 0.6) is 0 Å². The first-order valence-electron chi connectivity index (χ1n) is 8.74. The van der Waals surface area contributed by atoms with Crippen LogP contribution < -0.4 is 11.1 Å². The van der Waals surface area contributed by atoms with Crippen molar-refractivity contribution in [1.29, 1.82) is 0 Å². The van der Waals surface area contributed by atoms with Crippen molar-refractivity contribution in [2.45, 2.75) is 24.7 Å². The number of carbonyl (C=O) groups is 2. The van der Waals surface area contributed by atoms with E-state index in [0.29, 0.717) is 25.1 Å². The van der Waals surface area contributed by atoms with Crippen LogP contribution in [0.1, 0.15) is 29.0 Å². The Hall–Kier alpha value is -2.73. The molecule has 3 heterocycles. The zero-order chi connectivity index (χ0) is 20.6. The van der Waals surface area contributed by atoms with E-state index in [9.17, 15) is 18.0 Å². The first-order valence-corrected chi connectivity index (χ1v) is 10.2. The van der Waals surface area contributed by atoms with Gasteiger partial charge in [0.15, 0.2) is 0 Å². The Labute approximate surface area is 162 Å². The smallest absolute Gasteiger partial charge is 0.269 e. The molecular formula is C16H23N7O4S. The molecule has 1 saturated heterocycles. The Morgan fingerprint density at radius 2 is 1.89 bits per heavy atom. The van der Waals surface area contributed by atoms with Gasteiger partial charge in [0.25, 0.3) is 5.91 Å². The zero-order valence-electron chi connectivity index (χ0n) is 15.9. The number of hydrogen-bond donors (Lipinski definition) is 2. The Bertz CT molecular complexity index is 1020. The van der Waals surface area contributed by atoms with E-state index >= 15 is 0 Å². The lowest BCUT2D eigenvalue weighted by atomic mass is 9.99. The van der Waals surface area contributed by atoms with Gasteiger partial charge >= 0.3 is 0 Å². The van der Waals surface area contributed by atoms with E-state index in [0.717, 1.165) is 0 Å². The second-order valence-electron chi connectivity index (χ2n) is 6.80. The second kappa shape index (κ2) is 7.36. The number of rotatable bonds is 5. The van der Waals surface area contributed by atoms with Gasteiger partial charge in [-0.2, -0.15) is 14.5 Å². The van der Waals surface area contributed by atoms with E-state index in [2.05, 4.69) is 15.5 Å². The van der Waals surface area contributed by atoms with E-state index < -0.39 is 21.8 Å². The lowest BCUT2D eigenvalue weighted by Gasteiger charge is -2.31. The van der Waals surface area contributed by atoms with Crippen molar-refractivity contribution in [3.8, 4) is 0 Å². The quantitative estimate of drug-likeness (QED) is 0.687. The van der Waals surface area contributed by atoms with Crippen LogP contribution in [0.15, 0.2) is 17.3 Å². The number of piperidine rings is 1. The SMILES string of the molecule is Cc1c(S(=O)(=O)N2CCCC(C(=O)Nc3cnn(C)c3C(N)=O)C2)cnn1C. The maximum Gasteiger partial charge on any atom is 0.269 e. The van der Waals surface area contributed by atoms with Gasteiger partial charge in [-0.15, -0.1) is 0 Å². The summed E-state index contributed by atoms with van der Waals surface area (Å²) in [6, 6.07) is 0. The number of carbonyl (C=O) groups excluding carboxylic acids is 2. The number of sulfonamides is 1. The summed E-state index contributed by atoms with van der Waals surface area (Å²) in [5.74, 6) is -1.64. The van der Waals surface area contributed by atoms with Crippen molar-refractivity contribution in [1.82, 2.24) is 23.9 Å². The molecule has 1 unspecified atom stereocenters. The predicted molar refractivity (Wildman–Crippen MR) is 99.8 cm³/mol. The number of primary amides is 1. The average molecular weight is 409 g/mol. The van der Waals surface area contributed by atoms with Crippen molar-refractivity contribution in [3.05, 3.63) is 23.8 Å². The molecule has 2 amide bonds. The summed E-state index contributed by atoms with van der Waals surface area (Å²) in [5, 5.41) is 10.6. The van der Waals surface area contributed by atoms with Gasteiger partial charge in [-0.1, -0.05) is 0 Å². The minimum atomic E-state index is -3.75. The Balaban J connectivity index is 1.77. The fourth-order valence-electron chi connectivity index (χ4n) is 3.30. The molecule has 0 spiro atoms. The third kappa shape index (κ3) is 3.52. The number of hydrogen-bond acceptors (Lipinski definition) is 6. The maximum absolute atomic E-state index is 13.0. The van der Waals surface area contributed by atoms with Gasteiger partial charge < -0.3 is 11.1 Å². The highest BCUT2D eigenvalue weighted by Crippen LogP contribution is 2.26. The van der Waals surface area contributed by atoms with Crippen molar-refractivity contribution < 1.29 is 18.0 Å². The second-order valence-corrected chi connectivity index (χ2v) is 8.71. The summed E-state index contributed by atoms with van der Waals surface area (Å²) in [6.07, 6.45) is 3.75. The topological polar surface area (TPSA) is 145 Å². The van der Waals surface area contributed by atoms with E-state index in [-0.39, 0.29) is 28.7 Å². The van der Waals surface area contributed by atoms with Crippen LogP contribution in [0.25, 0.3) is 0 Å². The Kier molecular flexibility index (Phi) is 5.26. The number of aryl methyl sites for hydroxylation is 2. The van der Waals surface area contributed by atoms with Crippen LogP contribution in [0.2, 0.25) is 0 Å². The van der Waals surface area contributed by atoms with Gasteiger partial charge in [-0.3, -0.25) is 19.0 Å². The summed E-state index contributed by atoms with van der Waals surface area (Å²) in [6.45, 7) is 2.07. The van der Waals surface area contributed by atoms with Crippen LogP contribution in [0.3, 0.4) is 0 Å². The minimum absolute atomic E-state index is 0.0503. The highest BCUT2D eigenvalue weighted by molar-refractivity contribution is 7.89. The molecule has 0 radical (unpaired) electrons. The van der Waals surface area contributed by atoms with Crippen molar-refractivity contribution in [2.24, 2.45) is 25.7 Å². The monoisotopic (exact) mass is 409 g/mol. The lowest BCUT2D eigenvalue weighted by Crippen LogP contribution is -2.43. The molecule has 3 rings (SSSR count). The fraction of sp³-hybridized carbons (Fsp3) is 0.500. The summed E-state index contributed by atoms with van der Waals surface area (Å²) >= 11 is 0. The van der Waals surface area contributed by atoms with Crippen LogP contribution in [-0.2, 0) is 28.9 Å². The molecule has 12 heteroatoms.